The predicted octanol–water partition coefficient (Wildman–Crippen LogP) is 3.85. The number of hydrogen-bond donors (Lipinski definition) is 1. The predicted molar refractivity (Wildman–Crippen MR) is 130 cm³/mol. The van der Waals surface area contributed by atoms with E-state index in [1.54, 1.807) is 55.5 Å². The summed E-state index contributed by atoms with van der Waals surface area (Å²) in [6.07, 6.45) is 0. The van der Waals surface area contributed by atoms with Gasteiger partial charge in [-0.3, -0.25) is 9.10 Å². The number of carbonyl (C=O) groups excluding carboxylic acids is 1. The molecule has 0 atom stereocenters. The van der Waals surface area contributed by atoms with E-state index in [1.807, 2.05) is 0 Å². The first-order valence-electron chi connectivity index (χ1n) is 10.4. The fourth-order valence-corrected chi connectivity index (χ4v) is 4.84. The zero-order valence-corrected chi connectivity index (χ0v) is 19.8. The van der Waals surface area contributed by atoms with Crippen molar-refractivity contribution in [2.45, 2.75) is 11.8 Å². The number of rotatable bonds is 7. The molecule has 0 spiro atoms. The van der Waals surface area contributed by atoms with Crippen LogP contribution < -0.4 is 19.2 Å². The third-order valence-electron chi connectivity index (χ3n) is 5.04. The van der Waals surface area contributed by atoms with Crippen molar-refractivity contribution < 1.29 is 22.7 Å². The van der Waals surface area contributed by atoms with Gasteiger partial charge in [-0.05, 0) is 61.5 Å². The quantitative estimate of drug-likeness (QED) is 0.393. The second-order valence-electron chi connectivity index (χ2n) is 7.39. The van der Waals surface area contributed by atoms with Gasteiger partial charge in [0.1, 0.15) is 19.8 Å². The number of ether oxygens (including phenoxy) is 2. The van der Waals surface area contributed by atoms with Gasteiger partial charge in [0.25, 0.3) is 15.9 Å². The SMILES string of the molecule is C/C(=N/NC(=O)CN(c1ccccc1)S(=O)(=O)c1ccc(Cl)cc1)c1ccc2c(c1)OCCO2. The largest absolute Gasteiger partial charge is 0.486 e. The lowest BCUT2D eigenvalue weighted by Crippen LogP contribution is -2.39. The van der Waals surface area contributed by atoms with Gasteiger partial charge >= 0.3 is 0 Å². The fourth-order valence-electron chi connectivity index (χ4n) is 3.29. The molecule has 0 saturated carbocycles. The van der Waals surface area contributed by atoms with Crippen LogP contribution in [-0.4, -0.2) is 39.8 Å². The van der Waals surface area contributed by atoms with E-state index in [-0.39, 0.29) is 4.90 Å². The summed E-state index contributed by atoms with van der Waals surface area (Å²) < 4.78 is 38.8. The number of halogens is 1. The van der Waals surface area contributed by atoms with Crippen molar-refractivity contribution in [3.8, 4) is 11.5 Å². The zero-order chi connectivity index (χ0) is 24.1. The topological polar surface area (TPSA) is 97.3 Å². The summed E-state index contributed by atoms with van der Waals surface area (Å²) >= 11 is 5.90. The van der Waals surface area contributed by atoms with Crippen LogP contribution >= 0.6 is 11.6 Å². The summed E-state index contributed by atoms with van der Waals surface area (Å²) in [4.78, 5) is 12.8. The molecule has 0 fully saturated rings. The minimum atomic E-state index is -4.03. The van der Waals surface area contributed by atoms with Crippen LogP contribution in [0.1, 0.15) is 12.5 Å². The summed E-state index contributed by atoms with van der Waals surface area (Å²) in [5.74, 6) is 0.657. The Morgan fingerprint density at radius 3 is 2.38 bits per heavy atom. The smallest absolute Gasteiger partial charge is 0.264 e. The average molecular weight is 500 g/mol. The van der Waals surface area contributed by atoms with Crippen molar-refractivity contribution in [2.75, 3.05) is 24.1 Å². The van der Waals surface area contributed by atoms with Crippen molar-refractivity contribution in [2.24, 2.45) is 5.10 Å². The molecule has 1 aliphatic rings. The lowest BCUT2D eigenvalue weighted by Gasteiger charge is -2.23. The van der Waals surface area contributed by atoms with Gasteiger partial charge in [0.15, 0.2) is 11.5 Å². The monoisotopic (exact) mass is 499 g/mol. The Labute approximate surface area is 202 Å². The lowest BCUT2D eigenvalue weighted by molar-refractivity contribution is -0.119. The van der Waals surface area contributed by atoms with Crippen LogP contribution in [0.4, 0.5) is 5.69 Å². The fraction of sp³-hybridized carbons (Fsp3) is 0.167. The molecular weight excluding hydrogens is 478 g/mol. The number of para-hydroxylation sites is 1. The number of nitrogens with one attached hydrogen (secondary N) is 1. The normalized spacial score (nSPS) is 13.3. The molecule has 0 aromatic heterocycles. The highest BCUT2D eigenvalue weighted by molar-refractivity contribution is 7.92. The molecule has 0 bridgehead atoms. The molecule has 34 heavy (non-hydrogen) atoms. The Bertz CT molecular complexity index is 1310. The summed E-state index contributed by atoms with van der Waals surface area (Å²) in [5.41, 5.74) is 4.05. The standard InChI is InChI=1S/C24H22ClN3O5S/c1-17(18-7-12-22-23(15-18)33-14-13-32-22)26-27-24(29)16-28(20-5-3-2-4-6-20)34(30,31)21-10-8-19(25)9-11-21/h2-12,15H,13-14,16H2,1H3,(H,27,29)/b26-17-. The molecule has 0 saturated heterocycles. The van der Waals surface area contributed by atoms with E-state index < -0.39 is 22.5 Å². The molecule has 10 heteroatoms. The van der Waals surface area contributed by atoms with Gasteiger partial charge in [0.2, 0.25) is 0 Å². The maximum absolute atomic E-state index is 13.3. The van der Waals surface area contributed by atoms with Crippen LogP contribution in [-0.2, 0) is 14.8 Å². The van der Waals surface area contributed by atoms with Gasteiger partial charge in [0.05, 0.1) is 16.3 Å². The van der Waals surface area contributed by atoms with Crippen LogP contribution in [0, 0.1) is 0 Å². The number of carbonyl (C=O) groups is 1. The highest BCUT2D eigenvalue weighted by Gasteiger charge is 2.27. The summed E-state index contributed by atoms with van der Waals surface area (Å²) in [6.45, 7) is 2.21. The highest BCUT2D eigenvalue weighted by Crippen LogP contribution is 2.31. The molecular formula is C24H22ClN3O5S. The van der Waals surface area contributed by atoms with E-state index in [4.69, 9.17) is 21.1 Å². The number of anilines is 1. The molecule has 1 N–H and O–H groups in total. The molecule has 3 aromatic rings. The van der Waals surface area contributed by atoms with Crippen LogP contribution in [0.2, 0.25) is 5.02 Å². The van der Waals surface area contributed by atoms with Crippen LogP contribution in [0.3, 0.4) is 0 Å². The number of hydrogen-bond acceptors (Lipinski definition) is 6. The van der Waals surface area contributed by atoms with Crippen LogP contribution in [0.25, 0.3) is 0 Å². The first-order valence-corrected chi connectivity index (χ1v) is 12.2. The lowest BCUT2D eigenvalue weighted by atomic mass is 10.1. The highest BCUT2D eigenvalue weighted by atomic mass is 35.5. The molecule has 0 aliphatic carbocycles. The van der Waals surface area contributed by atoms with Gasteiger partial charge in [-0.15, -0.1) is 0 Å². The maximum atomic E-state index is 13.3. The maximum Gasteiger partial charge on any atom is 0.264 e. The van der Waals surface area contributed by atoms with Gasteiger partial charge in [-0.1, -0.05) is 29.8 Å². The molecule has 1 heterocycles. The second-order valence-corrected chi connectivity index (χ2v) is 9.69. The molecule has 176 valence electrons. The van der Waals surface area contributed by atoms with E-state index >= 15 is 0 Å². The van der Waals surface area contributed by atoms with Crippen molar-refractivity contribution in [1.82, 2.24) is 5.43 Å². The van der Waals surface area contributed by atoms with Gasteiger partial charge in [0, 0.05) is 10.6 Å². The van der Waals surface area contributed by atoms with Crippen molar-refractivity contribution in [3.63, 3.8) is 0 Å². The van der Waals surface area contributed by atoms with E-state index in [9.17, 15) is 13.2 Å². The van der Waals surface area contributed by atoms with Crippen LogP contribution in [0.15, 0.2) is 82.8 Å². The minimum Gasteiger partial charge on any atom is -0.486 e. The third-order valence-corrected chi connectivity index (χ3v) is 7.08. The second kappa shape index (κ2) is 10.1. The van der Waals surface area contributed by atoms with E-state index in [1.165, 1.54) is 24.3 Å². The number of benzene rings is 3. The first-order chi connectivity index (χ1) is 16.3. The molecule has 4 rings (SSSR count). The number of fused-ring (bicyclic) bond motifs is 1. The Morgan fingerprint density at radius 2 is 1.68 bits per heavy atom. The summed E-state index contributed by atoms with van der Waals surface area (Å²) in [7, 11) is -4.03. The summed E-state index contributed by atoms with van der Waals surface area (Å²) in [5, 5.41) is 4.55. The Kier molecular flexibility index (Phi) is 7.04. The Morgan fingerprint density at radius 1 is 1.00 bits per heavy atom. The van der Waals surface area contributed by atoms with E-state index in [0.717, 1.165) is 9.87 Å². The van der Waals surface area contributed by atoms with E-state index in [0.29, 0.717) is 41.1 Å². The van der Waals surface area contributed by atoms with Gasteiger partial charge in [-0.25, -0.2) is 13.8 Å². The Hall–Kier alpha value is -3.56. The first kappa shape index (κ1) is 23.6. The van der Waals surface area contributed by atoms with Crippen molar-refractivity contribution in [3.05, 3.63) is 83.4 Å². The Balaban J connectivity index is 1.53. The molecule has 8 nitrogen and oxygen atoms in total. The number of hydrazone groups is 1. The number of sulfonamides is 1. The van der Waals surface area contributed by atoms with Gasteiger partial charge < -0.3 is 9.47 Å². The average Bonchev–Trinajstić information content (AvgIpc) is 2.86. The zero-order valence-electron chi connectivity index (χ0n) is 18.3. The number of nitrogens with zero attached hydrogens (tertiary/aromatic N) is 2. The summed E-state index contributed by atoms with van der Waals surface area (Å²) in [6, 6.07) is 19.5. The molecule has 3 aromatic carbocycles. The molecule has 0 unspecified atom stereocenters. The minimum absolute atomic E-state index is 0.0181. The molecule has 1 aliphatic heterocycles. The van der Waals surface area contributed by atoms with Gasteiger partial charge in [-0.2, -0.15) is 5.10 Å². The molecule has 0 radical (unpaired) electrons. The van der Waals surface area contributed by atoms with Crippen molar-refractivity contribution >= 4 is 38.9 Å². The molecule has 1 amide bonds. The third kappa shape index (κ3) is 5.32. The van der Waals surface area contributed by atoms with E-state index in [2.05, 4.69) is 10.5 Å². The number of amides is 1. The van der Waals surface area contributed by atoms with Crippen molar-refractivity contribution in [1.29, 1.82) is 0 Å². The van der Waals surface area contributed by atoms with Crippen LogP contribution in [0.5, 0.6) is 11.5 Å².